The average Bonchev–Trinajstić information content (AvgIpc) is 4.04. The van der Waals surface area contributed by atoms with Crippen molar-refractivity contribution in [2.24, 2.45) is 4.99 Å². The molecule has 346 valence electrons. The number of nitrogens with zero attached hydrogens (tertiary/aromatic N) is 2. The van der Waals surface area contributed by atoms with E-state index in [2.05, 4.69) is 270 Å². The van der Waals surface area contributed by atoms with E-state index in [1.165, 1.54) is 37.9 Å². The van der Waals surface area contributed by atoms with E-state index in [0.29, 0.717) is 0 Å². The molecule has 15 rings (SSSR count). The third-order valence-corrected chi connectivity index (χ3v) is 15.1. The van der Waals surface area contributed by atoms with Gasteiger partial charge in [0.05, 0.1) is 27.8 Å². The molecule has 0 amide bonds. The van der Waals surface area contributed by atoms with Gasteiger partial charge in [0.25, 0.3) is 5.84 Å². The summed E-state index contributed by atoms with van der Waals surface area (Å²) >= 11 is 0. The molecule has 0 saturated carbocycles. The summed E-state index contributed by atoms with van der Waals surface area (Å²) in [5.41, 5.74) is 14.7. The summed E-state index contributed by atoms with van der Waals surface area (Å²) < 4.78 is 10.00. The van der Waals surface area contributed by atoms with Gasteiger partial charge >= 0.3 is 5.84 Å². The molecule has 12 aromatic carbocycles. The van der Waals surface area contributed by atoms with Gasteiger partial charge in [-0.25, -0.2) is 4.99 Å². The maximum absolute atomic E-state index is 7.55. The number of nitrogens with one attached hydrogen (secondary N) is 2. The zero-order valence-electron chi connectivity index (χ0n) is 40.1. The van der Waals surface area contributed by atoms with E-state index in [1.807, 2.05) is 0 Å². The Kier molecular flexibility index (Phi) is 9.57. The minimum absolute atomic E-state index is 0.455. The summed E-state index contributed by atoms with van der Waals surface area (Å²) in [5, 5.41) is 15.5. The smallest absolute Gasteiger partial charge is 0.328 e. The van der Waals surface area contributed by atoms with Crippen LogP contribution in [0.3, 0.4) is 0 Å². The zero-order chi connectivity index (χ0) is 48.7. The van der Waals surface area contributed by atoms with E-state index in [-0.39, 0.29) is 0 Å². The maximum atomic E-state index is 7.55. The minimum Gasteiger partial charge on any atom is -0.453 e. The summed E-state index contributed by atoms with van der Waals surface area (Å²) in [6.45, 7) is 0. The number of aliphatic imine (C=N–C) groups is 1. The molecule has 0 fully saturated rings. The fourth-order valence-electron chi connectivity index (χ4n) is 11.6. The topological polar surface area (TPSA) is 56.4 Å². The van der Waals surface area contributed by atoms with Gasteiger partial charge in [-0.15, -0.1) is 0 Å². The fraction of sp³-hybridized carbons (Fsp3) is 0.0145. The molecule has 0 bridgehead atoms. The van der Waals surface area contributed by atoms with Crippen molar-refractivity contribution in [3.63, 3.8) is 0 Å². The maximum Gasteiger partial charge on any atom is 0.328 e. The van der Waals surface area contributed by atoms with Crippen LogP contribution in [-0.2, 0) is 0 Å². The SMILES string of the molecule is c1ccc(-c2ccc(C3=NC(c4ccc(-c5ccccc5)cc4-c4ccccc4)=[NH+]C(c4cc5ccccc5c5c4oc4c(-n6c7cc8ccccc8cc7c7ccc8ccccc8c76)cccc45)N3)cc2)cc1. The van der Waals surface area contributed by atoms with Crippen molar-refractivity contribution >= 4 is 87.7 Å². The number of benzene rings is 12. The fourth-order valence-corrected chi connectivity index (χ4v) is 11.6. The van der Waals surface area contributed by atoms with Crippen LogP contribution < -0.4 is 10.3 Å². The monoisotopic (exact) mass is 945 g/mol. The van der Waals surface area contributed by atoms with Gasteiger partial charge in [0.2, 0.25) is 0 Å². The van der Waals surface area contributed by atoms with Crippen molar-refractivity contribution < 1.29 is 9.41 Å². The highest BCUT2D eigenvalue weighted by Crippen LogP contribution is 2.44. The Morgan fingerprint density at radius 3 is 1.74 bits per heavy atom. The molecule has 5 heteroatoms. The number of aromatic nitrogens is 1. The highest BCUT2D eigenvalue weighted by atomic mass is 16.3. The first-order valence-corrected chi connectivity index (χ1v) is 25.3. The molecule has 74 heavy (non-hydrogen) atoms. The van der Waals surface area contributed by atoms with Crippen molar-refractivity contribution in [2.45, 2.75) is 6.17 Å². The average molecular weight is 946 g/mol. The Morgan fingerprint density at radius 1 is 0.392 bits per heavy atom. The van der Waals surface area contributed by atoms with Crippen LogP contribution in [0.2, 0.25) is 0 Å². The highest BCUT2D eigenvalue weighted by molar-refractivity contribution is 6.24. The molecular weight excluding hydrogens is 901 g/mol. The van der Waals surface area contributed by atoms with Crippen LogP contribution in [-0.4, -0.2) is 16.2 Å². The second kappa shape index (κ2) is 16.9. The molecule has 0 aliphatic carbocycles. The minimum atomic E-state index is -0.455. The second-order valence-electron chi connectivity index (χ2n) is 19.3. The predicted octanol–water partition coefficient (Wildman–Crippen LogP) is 15.7. The van der Waals surface area contributed by atoms with Crippen LogP contribution in [0.4, 0.5) is 0 Å². The van der Waals surface area contributed by atoms with Crippen molar-refractivity contribution in [3.05, 3.63) is 271 Å². The lowest BCUT2D eigenvalue weighted by Crippen LogP contribution is -2.80. The van der Waals surface area contributed by atoms with Crippen LogP contribution in [0.25, 0.3) is 115 Å². The number of fused-ring (bicyclic) bond motifs is 11. The van der Waals surface area contributed by atoms with Gasteiger partial charge in [-0.05, 0) is 114 Å². The summed E-state index contributed by atoms with van der Waals surface area (Å²) in [7, 11) is 0. The Bertz CT molecular complexity index is 4610. The van der Waals surface area contributed by atoms with Gasteiger partial charge in [0.15, 0.2) is 11.7 Å². The normalized spacial score (nSPS) is 13.8. The van der Waals surface area contributed by atoms with Gasteiger partial charge < -0.3 is 14.3 Å². The molecule has 14 aromatic rings. The number of hydrogen-bond acceptors (Lipinski definition) is 3. The molecule has 3 heterocycles. The lowest BCUT2D eigenvalue weighted by atomic mass is 9.93. The molecule has 2 N–H and O–H groups in total. The molecule has 2 aromatic heterocycles. The zero-order valence-corrected chi connectivity index (χ0v) is 40.1. The molecule has 0 saturated heterocycles. The summed E-state index contributed by atoms with van der Waals surface area (Å²) in [6.07, 6.45) is -0.455. The van der Waals surface area contributed by atoms with Gasteiger partial charge in [-0.1, -0.05) is 206 Å². The molecule has 5 nitrogen and oxygen atoms in total. The van der Waals surface area contributed by atoms with Crippen molar-refractivity contribution in [3.8, 4) is 39.1 Å². The first-order chi connectivity index (χ1) is 36.7. The Labute approximate surface area is 426 Å². The van der Waals surface area contributed by atoms with Crippen LogP contribution in [0.15, 0.2) is 264 Å². The second-order valence-corrected chi connectivity index (χ2v) is 19.3. The third-order valence-electron chi connectivity index (χ3n) is 15.1. The standard InChI is InChI=1S/C69H44N4O/c1-4-17-43(18-5-1)45-31-33-48(34-32-45)67-70-68(56-38-36-51(44-19-6-2-7-20-44)39-58(56)46-21-8-3-9-22-46)72-69(71-67)60-41-52-26-13-14-27-53(52)63-57-29-16-30-61(65(57)74-66(60)63)73-62-42-50-25-11-10-24-49(50)40-59(62)55-37-35-47-23-12-15-28-54(47)64(55)73/h1-42,69H,(H,70,71,72)/p+1. The van der Waals surface area contributed by atoms with E-state index in [0.717, 1.165) is 106 Å². The number of furan rings is 1. The van der Waals surface area contributed by atoms with E-state index in [1.54, 1.807) is 0 Å². The highest BCUT2D eigenvalue weighted by Gasteiger charge is 2.33. The van der Waals surface area contributed by atoms with E-state index in [9.17, 15) is 0 Å². The van der Waals surface area contributed by atoms with Crippen molar-refractivity contribution in [2.75, 3.05) is 0 Å². The van der Waals surface area contributed by atoms with Crippen LogP contribution in [0, 0.1) is 0 Å². The molecule has 1 aliphatic heterocycles. The Hall–Kier alpha value is -9.84. The summed E-state index contributed by atoms with van der Waals surface area (Å²) in [4.78, 5) is 9.48. The molecule has 1 unspecified atom stereocenters. The summed E-state index contributed by atoms with van der Waals surface area (Å²) in [5.74, 6) is 1.52. The van der Waals surface area contributed by atoms with Crippen LogP contribution in [0.1, 0.15) is 22.9 Å². The molecule has 1 aliphatic rings. The quantitative estimate of drug-likeness (QED) is 0.167. The van der Waals surface area contributed by atoms with E-state index in [4.69, 9.17) is 9.41 Å². The van der Waals surface area contributed by atoms with Crippen molar-refractivity contribution in [1.82, 2.24) is 9.88 Å². The first kappa shape index (κ1) is 41.9. The van der Waals surface area contributed by atoms with Gasteiger partial charge in [0.1, 0.15) is 5.58 Å². The number of rotatable bonds is 7. The molecule has 0 spiro atoms. The molecule has 0 radical (unpaired) electrons. The van der Waals surface area contributed by atoms with E-state index < -0.39 is 6.17 Å². The van der Waals surface area contributed by atoms with Crippen LogP contribution >= 0.6 is 0 Å². The van der Waals surface area contributed by atoms with E-state index >= 15 is 0 Å². The molecular formula is C69H45N4O+. The lowest BCUT2D eigenvalue weighted by Gasteiger charge is -2.20. The lowest BCUT2D eigenvalue weighted by molar-refractivity contribution is -0.516. The molecule has 1 atom stereocenters. The third kappa shape index (κ3) is 6.78. The first-order valence-electron chi connectivity index (χ1n) is 25.3. The predicted molar refractivity (Wildman–Crippen MR) is 307 cm³/mol. The van der Waals surface area contributed by atoms with Gasteiger partial charge in [-0.2, -0.15) is 0 Å². The number of amidine groups is 2. The van der Waals surface area contributed by atoms with Crippen molar-refractivity contribution in [1.29, 1.82) is 0 Å². The number of para-hydroxylation sites is 1. The van der Waals surface area contributed by atoms with Crippen LogP contribution in [0.5, 0.6) is 0 Å². The summed E-state index contributed by atoms with van der Waals surface area (Å²) in [6, 6.07) is 91.4. The largest absolute Gasteiger partial charge is 0.453 e. The van der Waals surface area contributed by atoms with Gasteiger partial charge in [-0.3, -0.25) is 0 Å². The number of hydrogen-bond donors (Lipinski definition) is 2. The van der Waals surface area contributed by atoms with Gasteiger partial charge in [0, 0.05) is 32.5 Å². The Balaban J connectivity index is 0.980. The Morgan fingerprint density at radius 2 is 0.986 bits per heavy atom.